The van der Waals surface area contributed by atoms with E-state index in [0.29, 0.717) is 25.2 Å². The zero-order valence-electron chi connectivity index (χ0n) is 13.9. The molecule has 0 aliphatic carbocycles. The third-order valence-electron chi connectivity index (χ3n) is 3.48. The molecule has 0 spiro atoms. The number of likely N-dealkylation sites (tertiary alicyclic amines) is 1. The largest absolute Gasteiger partial charge is 0.444 e. The van der Waals surface area contributed by atoms with Gasteiger partial charge in [0.05, 0.1) is 11.4 Å². The lowest BCUT2D eigenvalue weighted by atomic mass is 10.2. The smallest absolute Gasteiger partial charge is 0.410 e. The molecule has 1 fully saturated rings. The second kappa shape index (κ2) is 6.43. The highest BCUT2D eigenvalue weighted by molar-refractivity contribution is 7.91. The van der Waals surface area contributed by atoms with Gasteiger partial charge in [-0.2, -0.15) is 5.10 Å². The summed E-state index contributed by atoms with van der Waals surface area (Å²) in [4.78, 5) is 13.6. The normalized spacial score (nSPS) is 19.0. The molecule has 1 atom stereocenters. The number of carbonyl (C=O) groups is 1. The van der Waals surface area contributed by atoms with E-state index in [9.17, 15) is 13.2 Å². The Labute approximate surface area is 137 Å². The van der Waals surface area contributed by atoms with Crippen molar-refractivity contribution in [3.8, 4) is 0 Å². The number of rotatable bonds is 3. The molecule has 8 heteroatoms. The molecule has 23 heavy (non-hydrogen) atoms. The summed E-state index contributed by atoms with van der Waals surface area (Å²) in [5.41, 5.74) is 0.111. The number of hydrogen-bond acceptors (Lipinski definition) is 6. The predicted octanol–water partition coefficient (Wildman–Crippen LogP) is 1.82. The Balaban J connectivity index is 1.97. The van der Waals surface area contributed by atoms with Crippen molar-refractivity contribution in [1.29, 1.82) is 0 Å². The lowest BCUT2D eigenvalue weighted by Crippen LogP contribution is -2.35. The molecule has 2 heterocycles. The van der Waals surface area contributed by atoms with E-state index in [4.69, 9.17) is 4.74 Å². The second-order valence-corrected chi connectivity index (χ2v) is 8.86. The number of aromatic nitrogens is 2. The molecule has 128 valence electrons. The van der Waals surface area contributed by atoms with Crippen molar-refractivity contribution in [3.63, 3.8) is 0 Å². The van der Waals surface area contributed by atoms with Crippen molar-refractivity contribution in [2.24, 2.45) is 5.92 Å². The summed E-state index contributed by atoms with van der Waals surface area (Å²) in [6, 6.07) is 3.10. The number of carbonyl (C=O) groups excluding carboxylic acids is 1. The maximum absolute atomic E-state index is 12.4. The average Bonchev–Trinajstić information content (AvgIpc) is 2.85. The van der Waals surface area contributed by atoms with Crippen LogP contribution in [0.25, 0.3) is 0 Å². The Morgan fingerprint density at radius 2 is 2.04 bits per heavy atom. The van der Waals surface area contributed by atoms with Gasteiger partial charge in [-0.15, -0.1) is 5.10 Å². The fourth-order valence-electron chi connectivity index (χ4n) is 2.41. The Morgan fingerprint density at radius 3 is 2.61 bits per heavy atom. The average molecular weight is 341 g/mol. The van der Waals surface area contributed by atoms with Gasteiger partial charge in [-0.3, -0.25) is 0 Å². The topological polar surface area (TPSA) is 89.5 Å². The maximum Gasteiger partial charge on any atom is 0.410 e. The first-order valence-electron chi connectivity index (χ1n) is 7.58. The minimum absolute atomic E-state index is 0.0150. The van der Waals surface area contributed by atoms with Gasteiger partial charge in [-0.1, -0.05) is 0 Å². The summed E-state index contributed by atoms with van der Waals surface area (Å²) < 4.78 is 30.0. The van der Waals surface area contributed by atoms with E-state index < -0.39 is 21.5 Å². The van der Waals surface area contributed by atoms with Crippen molar-refractivity contribution in [1.82, 2.24) is 15.1 Å². The molecule has 0 radical (unpaired) electrons. The van der Waals surface area contributed by atoms with E-state index in [2.05, 4.69) is 10.2 Å². The monoisotopic (exact) mass is 341 g/mol. The van der Waals surface area contributed by atoms with Crippen LogP contribution in [0.15, 0.2) is 17.2 Å². The Kier molecular flexibility index (Phi) is 4.93. The molecule has 1 aromatic heterocycles. The molecule has 0 saturated carbocycles. The highest BCUT2D eigenvalue weighted by Crippen LogP contribution is 2.22. The van der Waals surface area contributed by atoms with E-state index in [1.165, 1.54) is 6.07 Å². The zero-order valence-corrected chi connectivity index (χ0v) is 14.8. The molecule has 1 aliphatic heterocycles. The van der Waals surface area contributed by atoms with Crippen molar-refractivity contribution in [2.45, 2.75) is 44.7 Å². The molecular formula is C15H23N3O4S. The van der Waals surface area contributed by atoms with Crippen LogP contribution in [0.1, 0.15) is 32.9 Å². The molecule has 2 rings (SSSR count). The molecule has 0 bridgehead atoms. The van der Waals surface area contributed by atoms with E-state index in [-0.39, 0.29) is 16.7 Å². The van der Waals surface area contributed by atoms with Crippen LogP contribution < -0.4 is 0 Å². The summed E-state index contributed by atoms with van der Waals surface area (Å²) in [6.45, 7) is 8.05. The first-order chi connectivity index (χ1) is 10.6. The van der Waals surface area contributed by atoms with Gasteiger partial charge in [0.15, 0.2) is 14.9 Å². The number of amides is 1. The van der Waals surface area contributed by atoms with Crippen LogP contribution in [-0.4, -0.2) is 54.1 Å². The highest BCUT2D eigenvalue weighted by atomic mass is 32.2. The number of ether oxygens (including phenoxy) is 1. The fraction of sp³-hybridized carbons (Fsp3) is 0.667. The van der Waals surface area contributed by atoms with Crippen LogP contribution in [0.4, 0.5) is 4.79 Å². The molecule has 1 aliphatic rings. The van der Waals surface area contributed by atoms with Gasteiger partial charge < -0.3 is 9.64 Å². The van der Waals surface area contributed by atoms with Crippen LogP contribution in [0, 0.1) is 12.8 Å². The number of aryl methyl sites for hydroxylation is 1. The zero-order chi connectivity index (χ0) is 17.3. The van der Waals surface area contributed by atoms with Crippen LogP contribution in [0.3, 0.4) is 0 Å². The van der Waals surface area contributed by atoms with E-state index in [1.54, 1.807) is 38.7 Å². The quantitative estimate of drug-likeness (QED) is 0.833. The Hall–Kier alpha value is -1.70. The molecule has 1 unspecified atom stereocenters. The SMILES string of the molecule is Cc1ccc(S(=O)(=O)CC2CCN(C(=O)OC(C)(C)C)C2)nn1. The summed E-state index contributed by atoms with van der Waals surface area (Å²) in [5.74, 6) is -0.153. The number of sulfone groups is 1. The number of nitrogens with zero attached hydrogens (tertiary/aromatic N) is 3. The first kappa shape index (κ1) is 17.7. The van der Waals surface area contributed by atoms with Gasteiger partial charge in [0.2, 0.25) is 0 Å². The van der Waals surface area contributed by atoms with Crippen LogP contribution in [0.2, 0.25) is 0 Å². The Morgan fingerprint density at radius 1 is 1.35 bits per heavy atom. The third-order valence-corrected chi connectivity index (χ3v) is 5.25. The molecule has 1 saturated heterocycles. The Bertz CT molecular complexity index is 665. The van der Waals surface area contributed by atoms with Gasteiger partial charge in [-0.25, -0.2) is 13.2 Å². The predicted molar refractivity (Wildman–Crippen MR) is 84.7 cm³/mol. The number of hydrogen-bond donors (Lipinski definition) is 0. The second-order valence-electron chi connectivity index (χ2n) is 6.88. The fourth-order valence-corrected chi connectivity index (χ4v) is 3.91. The van der Waals surface area contributed by atoms with Crippen LogP contribution in [0.5, 0.6) is 0 Å². The lowest BCUT2D eigenvalue weighted by Gasteiger charge is -2.24. The molecule has 7 nitrogen and oxygen atoms in total. The third kappa shape index (κ3) is 4.89. The van der Waals surface area contributed by atoms with Crippen LogP contribution >= 0.6 is 0 Å². The van der Waals surface area contributed by atoms with E-state index in [1.807, 2.05) is 0 Å². The summed E-state index contributed by atoms with van der Waals surface area (Å²) in [7, 11) is -3.50. The van der Waals surface area contributed by atoms with Gasteiger partial charge >= 0.3 is 6.09 Å². The highest BCUT2D eigenvalue weighted by Gasteiger charge is 2.33. The van der Waals surface area contributed by atoms with Crippen molar-refractivity contribution in [2.75, 3.05) is 18.8 Å². The lowest BCUT2D eigenvalue weighted by molar-refractivity contribution is 0.0289. The van der Waals surface area contributed by atoms with Gasteiger partial charge in [-0.05, 0) is 52.2 Å². The molecular weight excluding hydrogens is 318 g/mol. The molecule has 1 amide bonds. The minimum atomic E-state index is -3.50. The molecule has 1 aromatic rings. The summed E-state index contributed by atoms with van der Waals surface area (Å²) in [6.07, 6.45) is 0.241. The van der Waals surface area contributed by atoms with Crippen LogP contribution in [-0.2, 0) is 14.6 Å². The molecule has 0 aromatic carbocycles. The van der Waals surface area contributed by atoms with E-state index >= 15 is 0 Å². The summed E-state index contributed by atoms with van der Waals surface area (Å²) >= 11 is 0. The van der Waals surface area contributed by atoms with Gasteiger partial charge in [0, 0.05) is 13.1 Å². The maximum atomic E-state index is 12.4. The van der Waals surface area contributed by atoms with Crippen molar-refractivity contribution >= 4 is 15.9 Å². The minimum Gasteiger partial charge on any atom is -0.444 e. The summed E-state index contributed by atoms with van der Waals surface area (Å²) in [5, 5.41) is 7.53. The standard InChI is InChI=1S/C15H23N3O4S/c1-11-5-6-13(17-16-11)23(20,21)10-12-7-8-18(9-12)14(19)22-15(2,3)4/h5-6,12H,7-10H2,1-4H3. The van der Waals surface area contributed by atoms with E-state index in [0.717, 1.165) is 0 Å². The van der Waals surface area contributed by atoms with Gasteiger partial charge in [0.25, 0.3) is 0 Å². The first-order valence-corrected chi connectivity index (χ1v) is 9.23. The van der Waals surface area contributed by atoms with Crippen molar-refractivity contribution < 1.29 is 17.9 Å². The van der Waals surface area contributed by atoms with Crippen molar-refractivity contribution in [3.05, 3.63) is 17.8 Å². The van der Waals surface area contributed by atoms with Gasteiger partial charge in [0.1, 0.15) is 5.60 Å². The molecule has 0 N–H and O–H groups in total.